The Balaban J connectivity index is 2.30. The summed E-state index contributed by atoms with van der Waals surface area (Å²) in [5, 5.41) is 0.188. The van der Waals surface area contributed by atoms with Crippen molar-refractivity contribution in [1.82, 2.24) is 4.90 Å². The first kappa shape index (κ1) is 14.6. The van der Waals surface area contributed by atoms with Gasteiger partial charge in [0.05, 0.1) is 36.6 Å². The highest BCUT2D eigenvalue weighted by Gasteiger charge is 2.34. The number of carbonyl (C=O) groups is 2. The Labute approximate surface area is 121 Å². The van der Waals surface area contributed by atoms with Crippen LogP contribution < -0.4 is 5.73 Å². The maximum absolute atomic E-state index is 12.5. The molecule has 1 atom stereocenters. The molecule has 0 aromatic heterocycles. The van der Waals surface area contributed by atoms with Gasteiger partial charge in [-0.2, -0.15) is 0 Å². The van der Waals surface area contributed by atoms with Crippen molar-refractivity contribution < 1.29 is 19.1 Å². The van der Waals surface area contributed by atoms with Crippen molar-refractivity contribution in [2.24, 2.45) is 0 Å². The van der Waals surface area contributed by atoms with E-state index in [1.807, 2.05) is 0 Å². The van der Waals surface area contributed by atoms with Gasteiger partial charge in [-0.3, -0.25) is 4.79 Å². The number of anilines is 1. The van der Waals surface area contributed by atoms with Crippen LogP contribution in [0.2, 0.25) is 5.02 Å². The Morgan fingerprint density at radius 3 is 2.95 bits per heavy atom. The van der Waals surface area contributed by atoms with E-state index in [-0.39, 0.29) is 23.1 Å². The van der Waals surface area contributed by atoms with Gasteiger partial charge in [0.25, 0.3) is 5.91 Å². The smallest absolute Gasteiger partial charge is 0.331 e. The van der Waals surface area contributed by atoms with Crippen LogP contribution in [0.1, 0.15) is 10.4 Å². The Morgan fingerprint density at radius 2 is 2.25 bits per heavy atom. The highest BCUT2D eigenvalue weighted by molar-refractivity contribution is 6.36. The van der Waals surface area contributed by atoms with Crippen molar-refractivity contribution in [2.75, 3.05) is 32.6 Å². The molecular weight excluding hydrogens is 284 g/mol. The van der Waals surface area contributed by atoms with E-state index in [1.165, 1.54) is 12.0 Å². The Bertz CT molecular complexity index is 535. The number of rotatable bonds is 2. The van der Waals surface area contributed by atoms with Crippen molar-refractivity contribution in [3.8, 4) is 0 Å². The minimum absolute atomic E-state index is 0.109. The number of hydrogen-bond donors (Lipinski definition) is 1. The van der Waals surface area contributed by atoms with Crippen molar-refractivity contribution in [2.45, 2.75) is 6.04 Å². The lowest BCUT2D eigenvalue weighted by molar-refractivity contribution is -0.151. The van der Waals surface area contributed by atoms with Gasteiger partial charge in [-0.15, -0.1) is 0 Å². The number of methoxy groups -OCH3 is 1. The number of esters is 1. The second-order valence-corrected chi connectivity index (χ2v) is 4.70. The molecule has 20 heavy (non-hydrogen) atoms. The predicted octanol–water partition coefficient (Wildman–Crippen LogP) is 0.936. The highest BCUT2D eigenvalue weighted by Crippen LogP contribution is 2.25. The first-order valence-electron chi connectivity index (χ1n) is 6.06. The minimum atomic E-state index is -0.765. The quantitative estimate of drug-likeness (QED) is 0.649. The van der Waals surface area contributed by atoms with Crippen LogP contribution in [-0.2, 0) is 14.3 Å². The summed E-state index contributed by atoms with van der Waals surface area (Å²) in [6.07, 6.45) is 0. The molecule has 2 N–H and O–H groups in total. The number of ether oxygens (including phenoxy) is 2. The van der Waals surface area contributed by atoms with Gasteiger partial charge in [0.15, 0.2) is 6.04 Å². The van der Waals surface area contributed by atoms with E-state index in [1.54, 1.807) is 18.2 Å². The fourth-order valence-electron chi connectivity index (χ4n) is 2.05. The molecule has 0 aliphatic carbocycles. The SMILES string of the molecule is COC(=O)C1COCCN1C(=O)c1cccc(N)c1Cl. The van der Waals surface area contributed by atoms with Crippen molar-refractivity contribution in [3.05, 3.63) is 28.8 Å². The number of carbonyl (C=O) groups excluding carboxylic acids is 2. The summed E-state index contributed by atoms with van der Waals surface area (Å²) in [4.78, 5) is 25.6. The molecule has 0 radical (unpaired) electrons. The van der Waals surface area contributed by atoms with Gasteiger partial charge in [-0.05, 0) is 12.1 Å². The largest absolute Gasteiger partial charge is 0.467 e. The number of benzene rings is 1. The summed E-state index contributed by atoms with van der Waals surface area (Å²) in [5.41, 5.74) is 6.28. The third kappa shape index (κ3) is 2.71. The van der Waals surface area contributed by atoms with Crippen LogP contribution in [0, 0.1) is 0 Å². The second-order valence-electron chi connectivity index (χ2n) is 4.32. The van der Waals surface area contributed by atoms with E-state index < -0.39 is 12.0 Å². The molecule has 1 saturated heterocycles. The fraction of sp³-hybridized carbons (Fsp3) is 0.385. The molecule has 0 spiro atoms. The molecule has 108 valence electrons. The summed E-state index contributed by atoms with van der Waals surface area (Å²) < 4.78 is 9.91. The standard InChI is InChI=1S/C13H15ClN2O4/c1-19-13(18)10-7-20-6-5-16(10)12(17)8-3-2-4-9(15)11(8)14/h2-4,10H,5-7,15H2,1H3. The van der Waals surface area contributed by atoms with Crippen LogP contribution in [0.5, 0.6) is 0 Å². The van der Waals surface area contributed by atoms with Gasteiger partial charge in [-0.25, -0.2) is 4.79 Å². The van der Waals surface area contributed by atoms with E-state index in [0.717, 1.165) is 0 Å². The average molecular weight is 299 g/mol. The zero-order chi connectivity index (χ0) is 14.7. The maximum Gasteiger partial charge on any atom is 0.331 e. The van der Waals surface area contributed by atoms with Gasteiger partial charge in [-0.1, -0.05) is 17.7 Å². The zero-order valence-corrected chi connectivity index (χ0v) is 11.7. The lowest BCUT2D eigenvalue weighted by Crippen LogP contribution is -2.53. The minimum Gasteiger partial charge on any atom is -0.467 e. The highest BCUT2D eigenvalue weighted by atomic mass is 35.5. The lowest BCUT2D eigenvalue weighted by atomic mass is 10.1. The maximum atomic E-state index is 12.5. The molecule has 0 saturated carbocycles. The number of nitrogens with two attached hydrogens (primary N) is 1. The molecule has 1 aliphatic rings. The van der Waals surface area contributed by atoms with E-state index in [2.05, 4.69) is 4.74 Å². The summed E-state index contributed by atoms with van der Waals surface area (Å²) in [6.45, 7) is 0.765. The summed E-state index contributed by atoms with van der Waals surface area (Å²) in [5.74, 6) is -0.876. The molecule has 1 fully saturated rings. The summed E-state index contributed by atoms with van der Waals surface area (Å²) in [7, 11) is 1.27. The van der Waals surface area contributed by atoms with E-state index >= 15 is 0 Å². The molecule has 1 unspecified atom stereocenters. The summed E-state index contributed by atoms with van der Waals surface area (Å²) in [6, 6.07) is 4.06. The first-order valence-corrected chi connectivity index (χ1v) is 6.44. The number of halogens is 1. The van der Waals surface area contributed by atoms with Crippen LogP contribution >= 0.6 is 11.6 Å². The van der Waals surface area contributed by atoms with Gasteiger partial charge in [0.2, 0.25) is 0 Å². The third-order valence-corrected chi connectivity index (χ3v) is 3.54. The molecule has 2 rings (SSSR count). The average Bonchev–Trinajstić information content (AvgIpc) is 2.48. The number of nitrogen functional groups attached to an aromatic ring is 1. The molecule has 7 heteroatoms. The van der Waals surface area contributed by atoms with Crippen LogP contribution in [-0.4, -0.2) is 49.7 Å². The Kier molecular flexibility index (Phi) is 4.46. The van der Waals surface area contributed by atoms with E-state index in [9.17, 15) is 9.59 Å². The van der Waals surface area contributed by atoms with Gasteiger partial charge in [0.1, 0.15) is 0 Å². The van der Waals surface area contributed by atoms with Crippen LogP contribution in [0.3, 0.4) is 0 Å². The third-order valence-electron chi connectivity index (χ3n) is 3.12. The van der Waals surface area contributed by atoms with Gasteiger partial charge < -0.3 is 20.1 Å². The van der Waals surface area contributed by atoms with Crippen molar-refractivity contribution >= 4 is 29.2 Å². The van der Waals surface area contributed by atoms with Crippen molar-refractivity contribution in [3.63, 3.8) is 0 Å². The monoisotopic (exact) mass is 298 g/mol. The van der Waals surface area contributed by atoms with Crippen molar-refractivity contribution in [1.29, 1.82) is 0 Å². The van der Waals surface area contributed by atoms with E-state index in [4.69, 9.17) is 22.1 Å². The number of morpholine rings is 1. The zero-order valence-electron chi connectivity index (χ0n) is 11.0. The molecule has 0 bridgehead atoms. The molecule has 1 aromatic rings. The number of nitrogens with zero attached hydrogens (tertiary/aromatic N) is 1. The lowest BCUT2D eigenvalue weighted by Gasteiger charge is -2.33. The second kappa shape index (κ2) is 6.11. The normalized spacial score (nSPS) is 18.7. The molecule has 1 aliphatic heterocycles. The van der Waals surface area contributed by atoms with Crippen LogP contribution in [0.15, 0.2) is 18.2 Å². The molecule has 1 aromatic carbocycles. The number of hydrogen-bond acceptors (Lipinski definition) is 5. The Morgan fingerprint density at radius 1 is 1.50 bits per heavy atom. The summed E-state index contributed by atoms with van der Waals surface area (Å²) >= 11 is 6.05. The number of amides is 1. The van der Waals surface area contributed by atoms with Gasteiger partial charge >= 0.3 is 5.97 Å². The van der Waals surface area contributed by atoms with Crippen LogP contribution in [0.4, 0.5) is 5.69 Å². The van der Waals surface area contributed by atoms with Crippen LogP contribution in [0.25, 0.3) is 0 Å². The van der Waals surface area contributed by atoms with Gasteiger partial charge in [0, 0.05) is 6.54 Å². The predicted molar refractivity (Wildman–Crippen MR) is 73.5 cm³/mol. The van der Waals surface area contributed by atoms with E-state index in [0.29, 0.717) is 18.8 Å². The molecule has 1 heterocycles. The fourth-order valence-corrected chi connectivity index (χ4v) is 2.25. The topological polar surface area (TPSA) is 81.9 Å². The molecule has 1 amide bonds. The first-order chi connectivity index (χ1) is 9.56. The molecular formula is C13H15ClN2O4. The molecule has 6 nitrogen and oxygen atoms in total. The Hall–Kier alpha value is -1.79.